The maximum absolute atomic E-state index is 12.5. The van der Waals surface area contributed by atoms with E-state index in [4.69, 9.17) is 4.74 Å². The Kier molecular flexibility index (Phi) is 7.42. The van der Waals surface area contributed by atoms with Crippen LogP contribution in [0, 0.1) is 5.92 Å². The highest BCUT2D eigenvalue weighted by atomic mass is 79.9. The van der Waals surface area contributed by atoms with Crippen LogP contribution in [0.2, 0.25) is 0 Å². The third-order valence-corrected chi connectivity index (χ3v) is 4.73. The summed E-state index contributed by atoms with van der Waals surface area (Å²) in [5.41, 5.74) is 1.86. The first kappa shape index (κ1) is 21.0. The minimum absolute atomic E-state index is 0.0736. The largest absolute Gasteiger partial charge is 0.492 e. The summed E-state index contributed by atoms with van der Waals surface area (Å²) in [6.45, 7) is 6.43. The Labute approximate surface area is 168 Å². The minimum Gasteiger partial charge on any atom is -0.492 e. The van der Waals surface area contributed by atoms with Gasteiger partial charge in [0.15, 0.2) is 0 Å². The molecule has 2 amide bonds. The van der Waals surface area contributed by atoms with Gasteiger partial charge in [0.25, 0.3) is 5.91 Å². The zero-order valence-corrected chi connectivity index (χ0v) is 17.7. The summed E-state index contributed by atoms with van der Waals surface area (Å²) < 4.78 is 6.49. The van der Waals surface area contributed by atoms with Crippen molar-refractivity contribution in [3.8, 4) is 5.75 Å². The van der Waals surface area contributed by atoms with Gasteiger partial charge in [0.1, 0.15) is 5.75 Å². The summed E-state index contributed by atoms with van der Waals surface area (Å²) in [6, 6.07) is 12.4. The molecule has 6 heteroatoms. The van der Waals surface area contributed by atoms with Gasteiger partial charge in [-0.1, -0.05) is 19.9 Å². The third kappa shape index (κ3) is 6.10. The molecule has 27 heavy (non-hydrogen) atoms. The molecule has 0 aliphatic carbocycles. The number of hydrogen-bond donors (Lipinski definition) is 1. The molecule has 0 aliphatic heterocycles. The van der Waals surface area contributed by atoms with Crippen LogP contribution in [0.1, 0.15) is 37.6 Å². The van der Waals surface area contributed by atoms with Gasteiger partial charge in [0.05, 0.1) is 11.1 Å². The Hall–Kier alpha value is -2.34. The fraction of sp³-hybridized carbons (Fsp3) is 0.333. The molecular weight excluding hydrogens is 408 g/mol. The van der Waals surface area contributed by atoms with Crippen LogP contribution in [-0.2, 0) is 4.79 Å². The van der Waals surface area contributed by atoms with E-state index < -0.39 is 0 Å². The molecule has 2 aromatic rings. The molecule has 0 fully saturated rings. The molecule has 2 aromatic carbocycles. The fourth-order valence-corrected chi connectivity index (χ4v) is 2.83. The van der Waals surface area contributed by atoms with Crippen molar-refractivity contribution >= 4 is 39.1 Å². The number of carbonyl (C=O) groups excluding carboxylic acids is 2. The molecule has 144 valence electrons. The molecule has 0 spiro atoms. The van der Waals surface area contributed by atoms with Crippen molar-refractivity contribution < 1.29 is 14.3 Å². The topological polar surface area (TPSA) is 58.6 Å². The van der Waals surface area contributed by atoms with Crippen molar-refractivity contribution in [2.24, 2.45) is 5.92 Å². The van der Waals surface area contributed by atoms with E-state index in [1.165, 1.54) is 11.8 Å². The molecule has 5 nitrogen and oxygen atoms in total. The lowest BCUT2D eigenvalue weighted by molar-refractivity contribution is -0.116. The van der Waals surface area contributed by atoms with Crippen molar-refractivity contribution in [3.63, 3.8) is 0 Å². The number of anilines is 2. The number of carbonyl (C=O) groups is 2. The van der Waals surface area contributed by atoms with Gasteiger partial charge in [-0.2, -0.15) is 0 Å². The smallest absolute Gasteiger partial charge is 0.255 e. The monoisotopic (exact) mass is 432 g/mol. The molecular formula is C21H25BrN2O3. The Morgan fingerprint density at radius 1 is 1.19 bits per heavy atom. The number of halogens is 1. The Bertz CT molecular complexity index is 821. The zero-order chi connectivity index (χ0) is 20.0. The molecule has 0 unspecified atom stereocenters. The summed E-state index contributed by atoms with van der Waals surface area (Å²) in [6.07, 6.45) is 0.972. The highest BCUT2D eigenvalue weighted by Gasteiger charge is 2.11. The van der Waals surface area contributed by atoms with Gasteiger partial charge in [0, 0.05) is 30.9 Å². The average molecular weight is 433 g/mol. The van der Waals surface area contributed by atoms with Gasteiger partial charge in [0.2, 0.25) is 5.91 Å². The highest BCUT2D eigenvalue weighted by Crippen LogP contribution is 2.27. The van der Waals surface area contributed by atoms with Crippen LogP contribution in [0.4, 0.5) is 11.4 Å². The van der Waals surface area contributed by atoms with E-state index in [1.54, 1.807) is 43.4 Å². The second-order valence-corrected chi connectivity index (χ2v) is 7.61. The first-order valence-corrected chi connectivity index (χ1v) is 9.65. The maximum Gasteiger partial charge on any atom is 0.255 e. The first-order chi connectivity index (χ1) is 12.8. The second-order valence-electron chi connectivity index (χ2n) is 6.76. The Morgan fingerprint density at radius 3 is 2.56 bits per heavy atom. The predicted molar refractivity (Wildman–Crippen MR) is 113 cm³/mol. The standard InChI is InChI=1S/C21H25BrN2O3/c1-14(2)10-11-27-20-9-8-16(12-19(20)22)21(26)23-17-6-5-7-18(13-17)24(4)15(3)25/h5-9,12-14H,10-11H2,1-4H3,(H,23,26). The molecule has 0 saturated heterocycles. The van der Waals surface area contributed by atoms with Crippen LogP contribution in [0.15, 0.2) is 46.9 Å². The predicted octanol–water partition coefficient (Wildman–Crippen LogP) is 5.11. The SMILES string of the molecule is CC(=O)N(C)c1cccc(NC(=O)c2ccc(OCCC(C)C)c(Br)c2)c1. The van der Waals surface area contributed by atoms with E-state index in [-0.39, 0.29) is 11.8 Å². The van der Waals surface area contributed by atoms with Gasteiger partial charge in [-0.25, -0.2) is 0 Å². The van der Waals surface area contributed by atoms with Gasteiger partial charge in [-0.3, -0.25) is 9.59 Å². The number of nitrogens with one attached hydrogen (secondary N) is 1. The van der Waals surface area contributed by atoms with Crippen LogP contribution in [0.5, 0.6) is 5.75 Å². The van der Waals surface area contributed by atoms with Crippen molar-refractivity contribution in [2.45, 2.75) is 27.2 Å². The van der Waals surface area contributed by atoms with E-state index in [2.05, 4.69) is 35.1 Å². The van der Waals surface area contributed by atoms with Crippen molar-refractivity contribution in [1.82, 2.24) is 0 Å². The summed E-state index contributed by atoms with van der Waals surface area (Å²) >= 11 is 3.47. The van der Waals surface area contributed by atoms with E-state index in [0.29, 0.717) is 23.8 Å². The van der Waals surface area contributed by atoms with Gasteiger partial charge in [-0.05, 0) is 64.7 Å². The Balaban J connectivity index is 2.07. The van der Waals surface area contributed by atoms with Crippen molar-refractivity contribution in [2.75, 3.05) is 23.9 Å². The van der Waals surface area contributed by atoms with Gasteiger partial charge >= 0.3 is 0 Å². The molecule has 0 aliphatic rings. The fourth-order valence-electron chi connectivity index (χ4n) is 2.34. The molecule has 0 saturated carbocycles. The lowest BCUT2D eigenvalue weighted by atomic mass is 10.1. The van der Waals surface area contributed by atoms with Gasteiger partial charge in [-0.15, -0.1) is 0 Å². The lowest BCUT2D eigenvalue weighted by Gasteiger charge is -2.16. The van der Waals surface area contributed by atoms with Crippen LogP contribution in [0.25, 0.3) is 0 Å². The van der Waals surface area contributed by atoms with E-state index >= 15 is 0 Å². The van der Waals surface area contributed by atoms with Crippen LogP contribution < -0.4 is 15.0 Å². The highest BCUT2D eigenvalue weighted by molar-refractivity contribution is 9.10. The number of amides is 2. The number of nitrogens with zero attached hydrogens (tertiary/aromatic N) is 1. The summed E-state index contributed by atoms with van der Waals surface area (Å²) in [5.74, 6) is 0.992. The first-order valence-electron chi connectivity index (χ1n) is 8.86. The summed E-state index contributed by atoms with van der Waals surface area (Å²) in [7, 11) is 1.69. The molecule has 0 radical (unpaired) electrons. The van der Waals surface area contributed by atoms with Gasteiger partial charge < -0.3 is 15.0 Å². The third-order valence-electron chi connectivity index (χ3n) is 4.11. The van der Waals surface area contributed by atoms with Crippen molar-refractivity contribution in [3.05, 3.63) is 52.5 Å². The quantitative estimate of drug-likeness (QED) is 0.660. The molecule has 1 N–H and O–H groups in total. The van der Waals surface area contributed by atoms with E-state index in [1.807, 2.05) is 6.07 Å². The number of rotatable bonds is 7. The van der Waals surface area contributed by atoms with Crippen molar-refractivity contribution in [1.29, 1.82) is 0 Å². The number of hydrogen-bond acceptors (Lipinski definition) is 3. The number of benzene rings is 2. The maximum atomic E-state index is 12.5. The van der Waals surface area contributed by atoms with Crippen LogP contribution >= 0.6 is 15.9 Å². The lowest BCUT2D eigenvalue weighted by Crippen LogP contribution is -2.23. The zero-order valence-electron chi connectivity index (χ0n) is 16.1. The second kappa shape index (κ2) is 9.55. The molecule has 0 aromatic heterocycles. The normalized spacial score (nSPS) is 10.6. The van der Waals surface area contributed by atoms with E-state index in [0.717, 1.165) is 22.3 Å². The average Bonchev–Trinajstić information content (AvgIpc) is 2.62. The van der Waals surface area contributed by atoms with Crippen LogP contribution in [0.3, 0.4) is 0 Å². The molecule has 2 rings (SSSR count). The minimum atomic E-state index is -0.230. The summed E-state index contributed by atoms with van der Waals surface area (Å²) in [5, 5.41) is 2.86. The Morgan fingerprint density at radius 2 is 1.93 bits per heavy atom. The van der Waals surface area contributed by atoms with E-state index in [9.17, 15) is 9.59 Å². The molecule has 0 bridgehead atoms. The molecule has 0 heterocycles. The molecule has 0 atom stereocenters. The van der Waals surface area contributed by atoms with Crippen LogP contribution in [-0.4, -0.2) is 25.5 Å². The number of ether oxygens (including phenoxy) is 1. The summed E-state index contributed by atoms with van der Waals surface area (Å²) in [4.78, 5) is 25.6.